The van der Waals surface area contributed by atoms with Gasteiger partial charge in [-0.2, -0.15) is 0 Å². The van der Waals surface area contributed by atoms with Crippen molar-refractivity contribution in [2.75, 3.05) is 13.2 Å². The maximum absolute atomic E-state index is 10.7. The van der Waals surface area contributed by atoms with Gasteiger partial charge in [-0.1, -0.05) is 0 Å². The van der Waals surface area contributed by atoms with Crippen LogP contribution < -0.4 is 22.9 Å². The van der Waals surface area contributed by atoms with Gasteiger partial charge in [-0.05, 0) is 6.42 Å². The molecule has 0 unspecified atom stereocenters. The molecule has 15 heteroatoms. The third kappa shape index (κ3) is 5.32. The highest BCUT2D eigenvalue weighted by Crippen LogP contribution is 2.31. The van der Waals surface area contributed by atoms with Crippen LogP contribution in [0.4, 0.5) is 0 Å². The lowest BCUT2D eigenvalue weighted by Gasteiger charge is -2.48. The zero-order chi connectivity index (χ0) is 24.6. The van der Waals surface area contributed by atoms with E-state index in [1.807, 2.05) is 0 Å². The third-order valence-electron chi connectivity index (χ3n) is 6.48. The van der Waals surface area contributed by atoms with E-state index in [-0.39, 0.29) is 13.0 Å². The maximum atomic E-state index is 10.7. The van der Waals surface area contributed by atoms with Crippen LogP contribution in [-0.4, -0.2) is 141 Å². The number of hydrogen-bond donors (Lipinski definition) is 11. The number of rotatable bonds is 6. The van der Waals surface area contributed by atoms with Crippen molar-refractivity contribution in [1.82, 2.24) is 0 Å². The topological polar surface area (TPSA) is 283 Å². The summed E-state index contributed by atoms with van der Waals surface area (Å²) in [6.07, 6.45) is -16.7. The maximum Gasteiger partial charge on any atom is 0.187 e. The van der Waals surface area contributed by atoms with E-state index in [1.165, 1.54) is 0 Å². The van der Waals surface area contributed by atoms with Gasteiger partial charge in [0.2, 0.25) is 0 Å². The Bertz CT molecular complexity index is 634. The van der Waals surface area contributed by atoms with Crippen molar-refractivity contribution < 1.29 is 54.7 Å². The molecule has 0 aromatic heterocycles. The minimum atomic E-state index is -1.74. The van der Waals surface area contributed by atoms with Crippen molar-refractivity contribution in [3.8, 4) is 0 Å². The highest BCUT2D eigenvalue weighted by Gasteiger charge is 2.52. The van der Waals surface area contributed by atoms with Gasteiger partial charge in [0.15, 0.2) is 12.6 Å². The molecule has 2 aliphatic heterocycles. The fourth-order valence-electron chi connectivity index (χ4n) is 4.37. The number of aliphatic hydroxyl groups excluding tert-OH is 7. The molecule has 15 N–H and O–H groups in total. The minimum Gasteiger partial charge on any atom is -0.394 e. The molecule has 0 radical (unpaired) electrons. The molecule has 2 heterocycles. The van der Waals surface area contributed by atoms with Gasteiger partial charge in [-0.15, -0.1) is 0 Å². The van der Waals surface area contributed by atoms with Gasteiger partial charge in [0.25, 0.3) is 0 Å². The Hall–Kier alpha value is -0.600. The van der Waals surface area contributed by atoms with E-state index in [4.69, 9.17) is 41.9 Å². The molecule has 3 fully saturated rings. The van der Waals surface area contributed by atoms with Crippen molar-refractivity contribution in [2.45, 2.75) is 98.2 Å². The van der Waals surface area contributed by atoms with E-state index in [1.54, 1.807) is 0 Å². The molecule has 15 nitrogen and oxygen atoms in total. The molecule has 2 saturated heterocycles. The average Bonchev–Trinajstić information content (AvgIpc) is 2.79. The summed E-state index contributed by atoms with van der Waals surface area (Å²) in [5.41, 5.74) is 23.7. The number of nitrogens with two attached hydrogens (primary N) is 4. The Morgan fingerprint density at radius 3 is 1.85 bits per heavy atom. The van der Waals surface area contributed by atoms with Crippen LogP contribution in [0, 0.1) is 0 Å². The van der Waals surface area contributed by atoms with Crippen molar-refractivity contribution in [2.24, 2.45) is 22.9 Å². The molecule has 1 aliphatic carbocycles. The summed E-state index contributed by atoms with van der Waals surface area (Å²) >= 11 is 0. The molecule has 0 aromatic carbocycles. The highest BCUT2D eigenvalue weighted by molar-refractivity contribution is 5.01. The molecular formula is C18H36N4O11. The Morgan fingerprint density at radius 1 is 0.667 bits per heavy atom. The van der Waals surface area contributed by atoms with Gasteiger partial charge in [-0.3, -0.25) is 0 Å². The number of hydrogen-bond acceptors (Lipinski definition) is 15. The summed E-state index contributed by atoms with van der Waals surface area (Å²) < 4.78 is 22.5. The van der Waals surface area contributed by atoms with E-state index < -0.39 is 98.4 Å². The van der Waals surface area contributed by atoms with Gasteiger partial charge in [0.1, 0.15) is 54.9 Å². The first-order valence-electron chi connectivity index (χ1n) is 10.8. The lowest BCUT2D eigenvalue weighted by atomic mass is 9.84. The van der Waals surface area contributed by atoms with E-state index in [0.29, 0.717) is 0 Å². The van der Waals surface area contributed by atoms with Crippen molar-refractivity contribution >= 4 is 0 Å². The summed E-state index contributed by atoms with van der Waals surface area (Å²) in [5.74, 6) is 0. The number of ether oxygens (including phenoxy) is 4. The molecule has 33 heavy (non-hydrogen) atoms. The zero-order valence-electron chi connectivity index (χ0n) is 17.9. The first-order valence-corrected chi connectivity index (χ1v) is 10.8. The Morgan fingerprint density at radius 2 is 1.24 bits per heavy atom. The highest BCUT2D eigenvalue weighted by atomic mass is 16.7. The van der Waals surface area contributed by atoms with Crippen molar-refractivity contribution in [3.63, 3.8) is 0 Å². The van der Waals surface area contributed by atoms with Crippen LogP contribution in [0.2, 0.25) is 0 Å². The van der Waals surface area contributed by atoms with Crippen LogP contribution in [-0.2, 0) is 18.9 Å². The van der Waals surface area contributed by atoms with Crippen LogP contribution in [0.3, 0.4) is 0 Å². The molecular weight excluding hydrogens is 448 g/mol. The van der Waals surface area contributed by atoms with E-state index in [2.05, 4.69) is 0 Å². The molecule has 194 valence electrons. The summed E-state index contributed by atoms with van der Waals surface area (Å²) in [5, 5.41) is 70.7. The average molecular weight is 485 g/mol. The molecule has 15 atom stereocenters. The predicted molar refractivity (Wildman–Crippen MR) is 108 cm³/mol. The Kier molecular flexibility index (Phi) is 8.99. The molecule has 0 bridgehead atoms. The van der Waals surface area contributed by atoms with Crippen molar-refractivity contribution in [3.05, 3.63) is 0 Å². The van der Waals surface area contributed by atoms with E-state index >= 15 is 0 Å². The van der Waals surface area contributed by atoms with Crippen LogP contribution in [0.5, 0.6) is 0 Å². The Balaban J connectivity index is 1.80. The minimum absolute atomic E-state index is 0.105. The van der Waals surface area contributed by atoms with Crippen LogP contribution in [0.15, 0.2) is 0 Å². The summed E-state index contributed by atoms with van der Waals surface area (Å²) in [6, 6.07) is -2.87. The van der Waals surface area contributed by atoms with Gasteiger partial charge in [0.05, 0.1) is 18.8 Å². The summed E-state index contributed by atoms with van der Waals surface area (Å²) in [7, 11) is 0. The van der Waals surface area contributed by atoms with E-state index in [9.17, 15) is 35.7 Å². The number of aliphatic hydroxyl groups is 7. The molecule has 0 spiro atoms. The molecule has 3 aliphatic rings. The first-order chi connectivity index (χ1) is 15.5. The van der Waals surface area contributed by atoms with Gasteiger partial charge in [0, 0.05) is 18.6 Å². The van der Waals surface area contributed by atoms with E-state index in [0.717, 1.165) is 0 Å². The lowest BCUT2D eigenvalue weighted by molar-refractivity contribution is -0.342. The van der Waals surface area contributed by atoms with Crippen LogP contribution in [0.1, 0.15) is 6.42 Å². The molecule has 3 rings (SSSR count). The fourth-order valence-corrected chi connectivity index (χ4v) is 4.37. The third-order valence-corrected chi connectivity index (χ3v) is 6.48. The second kappa shape index (κ2) is 11.0. The monoisotopic (exact) mass is 484 g/mol. The quantitative estimate of drug-likeness (QED) is 0.167. The standard InChI is InChI=1S/C18H36N4O11/c19-2-6-10(25)12(27)8(22)17(30-6)32-15-5(21)1-4(20)9(24)16(15)33-18-14(29)13(28)11(26)7(3-23)31-18/h4-18,23-29H,1-3,19-22H2/t4-,5+,6-,7+,8-,9+,10-,11+,12-,13-,14+,15-,16-,17-,18-/m1/s1. The largest absolute Gasteiger partial charge is 0.394 e. The van der Waals surface area contributed by atoms with Gasteiger partial charge >= 0.3 is 0 Å². The van der Waals surface area contributed by atoms with Crippen molar-refractivity contribution in [1.29, 1.82) is 0 Å². The first kappa shape index (κ1) is 27.0. The summed E-state index contributed by atoms with van der Waals surface area (Å²) in [4.78, 5) is 0. The normalized spacial score (nSPS) is 53.7. The zero-order valence-corrected chi connectivity index (χ0v) is 17.9. The second-order valence-corrected chi connectivity index (χ2v) is 8.79. The lowest BCUT2D eigenvalue weighted by Crippen LogP contribution is -2.69. The van der Waals surface area contributed by atoms with Crippen LogP contribution in [0.25, 0.3) is 0 Å². The molecule has 1 saturated carbocycles. The summed E-state index contributed by atoms with van der Waals surface area (Å²) in [6.45, 7) is -0.817. The smallest absolute Gasteiger partial charge is 0.187 e. The molecule has 0 aromatic rings. The second-order valence-electron chi connectivity index (χ2n) is 8.79. The molecule has 0 amide bonds. The van der Waals surface area contributed by atoms with Gasteiger partial charge in [-0.25, -0.2) is 0 Å². The predicted octanol–water partition coefficient (Wildman–Crippen LogP) is -7.29. The SMILES string of the molecule is NC[C@H]1O[C@H](O[C@H]2[C@H](O[C@H]3O[C@@H](CO)[C@H](O)[C@@H](O)[C@@H]3O)[C@@H](O)[C@H](N)C[C@@H]2N)[C@H](N)[C@@H](O)[C@@H]1O. The fraction of sp³-hybridized carbons (Fsp3) is 1.00. The Labute approximate surface area is 189 Å². The van der Waals surface area contributed by atoms with Crippen LogP contribution >= 0.6 is 0 Å². The van der Waals surface area contributed by atoms with Gasteiger partial charge < -0.3 is 77.6 Å².